The number of fused-ring (bicyclic) bond motifs is 1. The fourth-order valence-electron chi connectivity index (χ4n) is 2.44. The van der Waals surface area contributed by atoms with Gasteiger partial charge in [0.15, 0.2) is 11.3 Å². The summed E-state index contributed by atoms with van der Waals surface area (Å²) in [6.07, 6.45) is 6.41. The molecule has 0 spiro atoms. The number of carbonyl (C=O) groups excluding carboxylic acids is 1. The van der Waals surface area contributed by atoms with E-state index in [9.17, 15) is 4.79 Å². The number of allylic oxidation sites excluding steroid dienone is 1. The maximum atomic E-state index is 12.5. The molecule has 26 heavy (non-hydrogen) atoms. The van der Waals surface area contributed by atoms with Crippen molar-refractivity contribution in [2.24, 2.45) is 0 Å². The lowest BCUT2D eigenvalue weighted by Crippen LogP contribution is -2.24. The quantitative estimate of drug-likeness (QED) is 0.380. The standard InChI is InChI=1S/C20H27N3O3/c1-6-8-9-10-13-23-18-15(11-12-16(21-18)25-14-7-2)17(22-23)19(24)26-20(3,4)5/h6-7,11-12H,1-2,8-10,13-14H2,3-5H3. The first-order chi connectivity index (χ1) is 12.4. The van der Waals surface area contributed by atoms with Crippen LogP contribution in [0.3, 0.4) is 0 Å². The van der Waals surface area contributed by atoms with E-state index in [0.29, 0.717) is 30.1 Å². The summed E-state index contributed by atoms with van der Waals surface area (Å²) in [4.78, 5) is 17.1. The van der Waals surface area contributed by atoms with Gasteiger partial charge in [0.2, 0.25) is 5.88 Å². The molecule has 0 fully saturated rings. The van der Waals surface area contributed by atoms with E-state index in [4.69, 9.17) is 9.47 Å². The lowest BCUT2D eigenvalue weighted by Gasteiger charge is -2.18. The van der Waals surface area contributed by atoms with E-state index in [1.807, 2.05) is 26.8 Å². The minimum atomic E-state index is -0.586. The summed E-state index contributed by atoms with van der Waals surface area (Å²) >= 11 is 0. The summed E-state index contributed by atoms with van der Waals surface area (Å²) < 4.78 is 12.7. The molecular weight excluding hydrogens is 330 g/mol. The average molecular weight is 357 g/mol. The highest BCUT2D eigenvalue weighted by atomic mass is 16.6. The molecule has 0 aromatic carbocycles. The summed E-state index contributed by atoms with van der Waals surface area (Å²) in [6, 6.07) is 3.52. The summed E-state index contributed by atoms with van der Waals surface area (Å²) in [6.45, 7) is 13.9. The molecule has 0 aliphatic heterocycles. The summed E-state index contributed by atoms with van der Waals surface area (Å²) in [5.41, 5.74) is 0.310. The van der Waals surface area contributed by atoms with Crippen LogP contribution < -0.4 is 4.74 Å². The molecule has 2 heterocycles. The first kappa shape index (κ1) is 19.7. The van der Waals surface area contributed by atoms with Gasteiger partial charge in [0.25, 0.3) is 0 Å². The largest absolute Gasteiger partial charge is 0.473 e. The Balaban J connectivity index is 2.37. The number of carbonyl (C=O) groups is 1. The van der Waals surface area contributed by atoms with Crippen LogP contribution in [0.15, 0.2) is 37.4 Å². The van der Waals surface area contributed by atoms with Crippen LogP contribution >= 0.6 is 0 Å². The Hall–Kier alpha value is -2.63. The maximum Gasteiger partial charge on any atom is 0.360 e. The number of ether oxygens (including phenoxy) is 2. The van der Waals surface area contributed by atoms with Crippen LogP contribution in [0.2, 0.25) is 0 Å². The molecule has 0 amide bonds. The maximum absolute atomic E-state index is 12.5. The van der Waals surface area contributed by atoms with Crippen LogP contribution in [0.5, 0.6) is 5.88 Å². The lowest BCUT2D eigenvalue weighted by molar-refractivity contribution is 0.00640. The number of pyridine rings is 1. The third-order valence-corrected chi connectivity index (χ3v) is 3.54. The van der Waals surface area contributed by atoms with Crippen molar-refractivity contribution in [3.63, 3.8) is 0 Å². The van der Waals surface area contributed by atoms with Gasteiger partial charge < -0.3 is 9.47 Å². The van der Waals surface area contributed by atoms with Gasteiger partial charge in [-0.25, -0.2) is 9.48 Å². The molecule has 0 radical (unpaired) electrons. The van der Waals surface area contributed by atoms with Crippen molar-refractivity contribution < 1.29 is 14.3 Å². The van der Waals surface area contributed by atoms with Crippen LogP contribution in [0.1, 0.15) is 50.5 Å². The van der Waals surface area contributed by atoms with Gasteiger partial charge in [-0.1, -0.05) is 18.7 Å². The van der Waals surface area contributed by atoms with Crippen molar-refractivity contribution >= 4 is 17.0 Å². The van der Waals surface area contributed by atoms with Crippen molar-refractivity contribution in [2.45, 2.75) is 52.2 Å². The molecule has 6 nitrogen and oxygen atoms in total. The molecule has 0 aliphatic rings. The zero-order valence-electron chi connectivity index (χ0n) is 15.8. The van der Waals surface area contributed by atoms with Crippen molar-refractivity contribution in [1.29, 1.82) is 0 Å². The molecular formula is C20H27N3O3. The molecule has 6 heteroatoms. The molecule has 0 atom stereocenters. The van der Waals surface area contributed by atoms with Crippen molar-refractivity contribution in [1.82, 2.24) is 14.8 Å². The van der Waals surface area contributed by atoms with Crippen molar-refractivity contribution in [3.8, 4) is 5.88 Å². The van der Waals surface area contributed by atoms with Crippen molar-refractivity contribution in [3.05, 3.63) is 43.1 Å². The number of aromatic nitrogens is 3. The molecule has 0 bridgehead atoms. The van der Waals surface area contributed by atoms with Gasteiger partial charge in [0.05, 0.1) is 5.39 Å². The summed E-state index contributed by atoms with van der Waals surface area (Å²) in [5, 5.41) is 5.13. The van der Waals surface area contributed by atoms with Crippen LogP contribution in [0.25, 0.3) is 11.0 Å². The SMILES string of the molecule is C=CCCCCn1nc(C(=O)OC(C)(C)C)c2ccc(OCC=C)nc21. The molecule has 2 aromatic heterocycles. The zero-order valence-corrected chi connectivity index (χ0v) is 15.8. The highest BCUT2D eigenvalue weighted by Gasteiger charge is 2.24. The van der Waals surface area contributed by atoms with Crippen LogP contribution in [0.4, 0.5) is 0 Å². The smallest absolute Gasteiger partial charge is 0.360 e. The molecule has 0 saturated carbocycles. The van der Waals surface area contributed by atoms with Gasteiger partial charge in [-0.3, -0.25) is 0 Å². The van der Waals surface area contributed by atoms with Crippen LogP contribution in [0, 0.1) is 0 Å². The fraction of sp³-hybridized carbons (Fsp3) is 0.450. The van der Waals surface area contributed by atoms with E-state index >= 15 is 0 Å². The number of hydrogen-bond donors (Lipinski definition) is 0. The lowest BCUT2D eigenvalue weighted by atomic mass is 10.2. The number of aryl methyl sites for hydroxylation is 1. The van der Waals surface area contributed by atoms with E-state index in [1.165, 1.54) is 0 Å². The number of rotatable bonds is 9. The molecule has 0 aliphatic carbocycles. The Morgan fingerprint density at radius 3 is 2.65 bits per heavy atom. The molecule has 0 saturated heterocycles. The normalized spacial score (nSPS) is 11.3. The number of nitrogens with zero attached hydrogens (tertiary/aromatic N) is 3. The second-order valence-corrected chi connectivity index (χ2v) is 6.98. The molecule has 0 N–H and O–H groups in total. The van der Waals surface area contributed by atoms with Crippen molar-refractivity contribution in [2.75, 3.05) is 6.61 Å². The minimum absolute atomic E-state index is 0.279. The second-order valence-electron chi connectivity index (χ2n) is 6.98. The number of unbranched alkanes of at least 4 members (excludes halogenated alkanes) is 2. The monoisotopic (exact) mass is 357 g/mol. The van der Waals surface area contributed by atoms with Gasteiger partial charge in [-0.2, -0.15) is 10.1 Å². The Kier molecular flexibility index (Phi) is 6.55. The molecule has 2 rings (SSSR count). The third kappa shape index (κ3) is 5.18. The number of esters is 1. The number of hydrogen-bond acceptors (Lipinski definition) is 5. The minimum Gasteiger partial charge on any atom is -0.473 e. The van der Waals surface area contributed by atoms with Gasteiger partial charge in [-0.05, 0) is 46.1 Å². The first-order valence-corrected chi connectivity index (χ1v) is 8.81. The predicted octanol–water partition coefficient (Wildman–Crippen LogP) is 4.31. The predicted molar refractivity (Wildman–Crippen MR) is 102 cm³/mol. The molecule has 2 aromatic rings. The fourth-order valence-corrected chi connectivity index (χ4v) is 2.44. The zero-order chi connectivity index (χ0) is 19.2. The summed E-state index contributed by atoms with van der Waals surface area (Å²) in [7, 11) is 0. The Labute approximate surface area is 154 Å². The molecule has 140 valence electrons. The van der Waals surface area contributed by atoms with E-state index in [-0.39, 0.29) is 5.69 Å². The van der Waals surface area contributed by atoms with Crippen LogP contribution in [-0.2, 0) is 11.3 Å². The van der Waals surface area contributed by atoms with E-state index < -0.39 is 11.6 Å². The summed E-state index contributed by atoms with van der Waals surface area (Å²) in [5.74, 6) is 0.0225. The van der Waals surface area contributed by atoms with Gasteiger partial charge in [0.1, 0.15) is 12.2 Å². The van der Waals surface area contributed by atoms with E-state index in [2.05, 4.69) is 23.2 Å². The average Bonchev–Trinajstić information content (AvgIpc) is 2.93. The Bertz CT molecular complexity index is 787. The second kappa shape index (κ2) is 8.65. The highest BCUT2D eigenvalue weighted by Crippen LogP contribution is 2.23. The topological polar surface area (TPSA) is 66.2 Å². The first-order valence-electron chi connectivity index (χ1n) is 8.81. The molecule has 0 unspecified atom stereocenters. The highest BCUT2D eigenvalue weighted by molar-refractivity contribution is 6.01. The third-order valence-electron chi connectivity index (χ3n) is 3.54. The van der Waals surface area contributed by atoms with Gasteiger partial charge in [-0.15, -0.1) is 6.58 Å². The Morgan fingerprint density at radius 1 is 1.23 bits per heavy atom. The van der Waals surface area contributed by atoms with Gasteiger partial charge >= 0.3 is 5.97 Å². The Morgan fingerprint density at radius 2 is 2.00 bits per heavy atom. The van der Waals surface area contributed by atoms with Gasteiger partial charge in [0, 0.05) is 12.6 Å². The van der Waals surface area contributed by atoms with E-state index in [0.717, 1.165) is 19.3 Å². The van der Waals surface area contributed by atoms with Crippen LogP contribution in [-0.4, -0.2) is 32.9 Å². The van der Waals surface area contributed by atoms with E-state index in [1.54, 1.807) is 22.9 Å².